The van der Waals surface area contributed by atoms with E-state index in [0.29, 0.717) is 13.2 Å². The van der Waals surface area contributed by atoms with Gasteiger partial charge in [-0.1, -0.05) is 43.7 Å². The van der Waals surface area contributed by atoms with Crippen LogP contribution < -0.4 is 0 Å². The molecule has 3 atom stereocenters. The monoisotopic (exact) mass is 318 g/mol. The zero-order valence-electron chi connectivity index (χ0n) is 13.8. The van der Waals surface area contributed by atoms with E-state index < -0.39 is 5.79 Å². The van der Waals surface area contributed by atoms with Crippen molar-refractivity contribution in [1.82, 2.24) is 0 Å². The average molecular weight is 318 g/mol. The van der Waals surface area contributed by atoms with Crippen LogP contribution in [0, 0.1) is 5.92 Å². The molecule has 0 bridgehead atoms. The third kappa shape index (κ3) is 4.00. The molecule has 1 saturated heterocycles. The first-order valence-corrected chi connectivity index (χ1v) is 8.65. The summed E-state index contributed by atoms with van der Waals surface area (Å²) in [6.07, 6.45) is 5.94. The van der Waals surface area contributed by atoms with Gasteiger partial charge in [0, 0.05) is 18.8 Å². The maximum Gasteiger partial charge on any atom is 0.169 e. The maximum atomic E-state index is 11.3. The molecule has 4 heteroatoms. The van der Waals surface area contributed by atoms with Crippen molar-refractivity contribution in [2.75, 3.05) is 6.61 Å². The van der Waals surface area contributed by atoms with Gasteiger partial charge < -0.3 is 19.0 Å². The van der Waals surface area contributed by atoms with Gasteiger partial charge in [-0.3, -0.25) is 0 Å². The third-order valence-corrected chi connectivity index (χ3v) is 4.88. The second kappa shape index (κ2) is 7.56. The largest absolute Gasteiger partial charge is 0.370 e. The highest BCUT2D eigenvalue weighted by atomic mass is 16.8. The summed E-state index contributed by atoms with van der Waals surface area (Å²) in [7, 11) is 0. The Balaban J connectivity index is 1.63. The van der Waals surface area contributed by atoms with Crippen LogP contribution in [0.4, 0.5) is 0 Å². The fourth-order valence-electron chi connectivity index (χ4n) is 3.53. The zero-order valence-corrected chi connectivity index (χ0v) is 13.8. The number of ether oxygens (including phenoxy) is 3. The Labute approximate surface area is 138 Å². The van der Waals surface area contributed by atoms with E-state index in [-0.39, 0.29) is 18.1 Å². The van der Waals surface area contributed by atoms with Crippen molar-refractivity contribution in [2.24, 2.45) is 5.92 Å². The van der Waals surface area contributed by atoms with Gasteiger partial charge in [0.05, 0.1) is 19.3 Å². The summed E-state index contributed by atoms with van der Waals surface area (Å²) in [6.45, 7) is 2.88. The molecule has 1 aliphatic heterocycles. The van der Waals surface area contributed by atoms with Crippen LogP contribution in [0.1, 0.15) is 44.6 Å². The van der Waals surface area contributed by atoms with Crippen molar-refractivity contribution in [2.45, 2.75) is 63.6 Å². The molecule has 23 heavy (non-hydrogen) atoms. The summed E-state index contributed by atoms with van der Waals surface area (Å²) in [5.41, 5.74) is 1.10. The summed E-state index contributed by atoms with van der Waals surface area (Å²) in [6, 6.07) is 10.0. The smallest absolute Gasteiger partial charge is 0.169 e. The van der Waals surface area contributed by atoms with Gasteiger partial charge in [-0.25, -0.2) is 0 Å². The van der Waals surface area contributed by atoms with Crippen LogP contribution in [0.25, 0.3) is 0 Å². The van der Waals surface area contributed by atoms with Crippen LogP contribution >= 0.6 is 0 Å². The molecule has 1 aromatic rings. The lowest BCUT2D eigenvalue weighted by Crippen LogP contribution is -2.40. The van der Waals surface area contributed by atoms with Gasteiger partial charge in [-0.2, -0.15) is 0 Å². The van der Waals surface area contributed by atoms with E-state index in [0.717, 1.165) is 37.5 Å². The number of carbonyl (C=O) groups is 1. The lowest BCUT2D eigenvalue weighted by Gasteiger charge is -2.33. The maximum absolute atomic E-state index is 11.3. The van der Waals surface area contributed by atoms with Gasteiger partial charge in [0.25, 0.3) is 0 Å². The Hall–Kier alpha value is -1.23. The molecule has 1 saturated carbocycles. The molecule has 2 aliphatic rings. The number of carbonyl (C=O) groups excluding carboxylic acids is 1. The molecule has 1 spiro atoms. The van der Waals surface area contributed by atoms with Gasteiger partial charge >= 0.3 is 0 Å². The summed E-state index contributed by atoms with van der Waals surface area (Å²) < 4.78 is 18.3. The van der Waals surface area contributed by atoms with E-state index in [4.69, 9.17) is 14.2 Å². The van der Waals surface area contributed by atoms with E-state index >= 15 is 0 Å². The molecule has 2 fully saturated rings. The van der Waals surface area contributed by atoms with Gasteiger partial charge in [-0.05, 0) is 18.4 Å². The van der Waals surface area contributed by atoms with Crippen LogP contribution in [0.15, 0.2) is 30.3 Å². The molecule has 0 amide bonds. The van der Waals surface area contributed by atoms with Gasteiger partial charge in [0.2, 0.25) is 0 Å². The summed E-state index contributed by atoms with van der Waals surface area (Å²) in [4.78, 5) is 11.3. The summed E-state index contributed by atoms with van der Waals surface area (Å²) in [5.74, 6) is -0.647. The Bertz CT molecular complexity index is 495. The molecule has 1 heterocycles. The number of rotatable bonds is 6. The minimum Gasteiger partial charge on any atom is -0.370 e. The minimum atomic E-state index is -0.431. The molecular formula is C19H26O4. The lowest BCUT2D eigenvalue weighted by atomic mass is 9.94. The Morgan fingerprint density at radius 3 is 2.70 bits per heavy atom. The van der Waals surface area contributed by atoms with Crippen LogP contribution in [0.2, 0.25) is 0 Å². The molecule has 4 nitrogen and oxygen atoms in total. The van der Waals surface area contributed by atoms with Crippen molar-refractivity contribution in [3.8, 4) is 0 Å². The van der Waals surface area contributed by atoms with E-state index in [9.17, 15) is 4.79 Å². The predicted octanol–water partition coefficient (Wildman–Crippen LogP) is 3.48. The molecule has 0 N–H and O–H groups in total. The Morgan fingerprint density at radius 1 is 1.26 bits per heavy atom. The highest BCUT2D eigenvalue weighted by Crippen LogP contribution is 2.39. The van der Waals surface area contributed by atoms with Gasteiger partial charge in [0.15, 0.2) is 5.79 Å². The molecule has 1 aliphatic carbocycles. The number of hydrogen-bond acceptors (Lipinski definition) is 4. The normalized spacial score (nSPS) is 26.0. The van der Waals surface area contributed by atoms with Crippen LogP contribution in [0.5, 0.6) is 0 Å². The lowest BCUT2D eigenvalue weighted by molar-refractivity contribution is -0.202. The molecule has 1 aromatic carbocycles. The molecular weight excluding hydrogens is 292 g/mol. The zero-order chi connectivity index (χ0) is 16.1. The highest BCUT2D eigenvalue weighted by molar-refractivity contribution is 5.54. The predicted molar refractivity (Wildman–Crippen MR) is 86.9 cm³/mol. The topological polar surface area (TPSA) is 44.8 Å². The molecule has 0 aromatic heterocycles. The van der Waals surface area contributed by atoms with Crippen LogP contribution in [0.3, 0.4) is 0 Å². The van der Waals surface area contributed by atoms with E-state index in [1.807, 2.05) is 37.3 Å². The summed E-state index contributed by atoms with van der Waals surface area (Å²) >= 11 is 0. The van der Waals surface area contributed by atoms with Crippen molar-refractivity contribution >= 4 is 6.29 Å². The average Bonchev–Trinajstić information content (AvgIpc) is 2.99. The van der Waals surface area contributed by atoms with Crippen LogP contribution in [-0.4, -0.2) is 30.9 Å². The van der Waals surface area contributed by atoms with Crippen molar-refractivity contribution in [1.29, 1.82) is 0 Å². The second-order valence-electron chi connectivity index (χ2n) is 6.70. The van der Waals surface area contributed by atoms with Crippen LogP contribution in [-0.2, 0) is 25.6 Å². The molecule has 3 rings (SSSR count). The van der Waals surface area contributed by atoms with Gasteiger partial charge in [0.1, 0.15) is 12.4 Å². The number of hydrogen-bond donors (Lipinski definition) is 0. The summed E-state index contributed by atoms with van der Waals surface area (Å²) in [5, 5.41) is 0. The molecule has 0 unspecified atom stereocenters. The van der Waals surface area contributed by atoms with E-state index in [1.165, 1.54) is 6.42 Å². The van der Waals surface area contributed by atoms with E-state index in [1.54, 1.807) is 0 Å². The fraction of sp³-hybridized carbons (Fsp3) is 0.632. The minimum absolute atomic E-state index is 0.169. The van der Waals surface area contributed by atoms with Crippen molar-refractivity contribution in [3.05, 3.63) is 35.9 Å². The quantitative estimate of drug-likeness (QED) is 0.753. The number of benzene rings is 1. The van der Waals surface area contributed by atoms with E-state index in [2.05, 4.69) is 0 Å². The van der Waals surface area contributed by atoms with Crippen molar-refractivity contribution in [3.63, 3.8) is 0 Å². The highest BCUT2D eigenvalue weighted by Gasteiger charge is 2.46. The SMILES string of the molecule is C[C@@H](C=O)[C@@H](OCc1ccccc1)[C@H]1COC2(CCCCC2)O1. The third-order valence-electron chi connectivity index (χ3n) is 4.88. The Kier molecular flexibility index (Phi) is 5.46. The first-order chi connectivity index (χ1) is 11.2. The standard InChI is InChI=1S/C19H26O4/c1-15(12-20)18(21-13-16-8-4-2-5-9-16)17-14-22-19(23-17)10-6-3-7-11-19/h2,4-5,8-9,12,15,17-18H,3,6-7,10-11,13-14H2,1H3/t15-,17+,18+/m0/s1. The Morgan fingerprint density at radius 2 is 2.00 bits per heavy atom. The molecule has 126 valence electrons. The first kappa shape index (κ1) is 16.6. The fourth-order valence-corrected chi connectivity index (χ4v) is 3.53. The first-order valence-electron chi connectivity index (χ1n) is 8.65. The second-order valence-corrected chi connectivity index (χ2v) is 6.70. The molecule has 0 radical (unpaired) electrons. The van der Waals surface area contributed by atoms with Gasteiger partial charge in [-0.15, -0.1) is 0 Å². The van der Waals surface area contributed by atoms with Crippen molar-refractivity contribution < 1.29 is 19.0 Å². The number of aldehydes is 1.